The lowest BCUT2D eigenvalue weighted by Crippen LogP contribution is -2.46. The van der Waals surface area contributed by atoms with Crippen molar-refractivity contribution >= 4 is 28.6 Å². The fraction of sp³-hybridized carbons (Fsp3) is 0.452. The maximum atomic E-state index is 14.9. The number of nitrogens with zero attached hydrogens (tertiary/aromatic N) is 3. The highest BCUT2D eigenvalue weighted by Gasteiger charge is 2.48. The number of benzene rings is 2. The number of halogens is 2. The summed E-state index contributed by atoms with van der Waals surface area (Å²) in [7, 11) is 1.87. The van der Waals surface area contributed by atoms with Crippen molar-refractivity contribution in [3.05, 3.63) is 75.5 Å². The third-order valence-corrected chi connectivity index (χ3v) is 8.79. The van der Waals surface area contributed by atoms with E-state index in [1.165, 1.54) is 6.07 Å². The third kappa shape index (κ3) is 5.15. The van der Waals surface area contributed by atoms with Gasteiger partial charge in [-0.3, -0.25) is 0 Å². The van der Waals surface area contributed by atoms with Crippen molar-refractivity contribution in [3.63, 3.8) is 0 Å². The van der Waals surface area contributed by atoms with Crippen LogP contribution in [0.4, 0.5) is 4.39 Å². The largest absolute Gasteiger partial charge is 0.512 e. The van der Waals surface area contributed by atoms with E-state index in [1.807, 2.05) is 23.7 Å². The lowest BCUT2D eigenvalue weighted by molar-refractivity contribution is -0.167. The van der Waals surface area contributed by atoms with Gasteiger partial charge in [0.15, 0.2) is 0 Å². The van der Waals surface area contributed by atoms with Gasteiger partial charge in [0.25, 0.3) is 0 Å². The van der Waals surface area contributed by atoms with Crippen LogP contribution in [0, 0.1) is 23.1 Å². The fourth-order valence-electron chi connectivity index (χ4n) is 6.16. The molecule has 1 fully saturated rings. The van der Waals surface area contributed by atoms with Gasteiger partial charge in [-0.15, -0.1) is 0 Å². The van der Waals surface area contributed by atoms with Gasteiger partial charge in [0.1, 0.15) is 23.0 Å². The SMILES string of the molecule is Cn1c(CC2=C(O)CC(CCc3ccc(C(C)(C)C#N)c(F)c3)(C3CCCC3)OC2=O)nc2cc(Cl)ccc21. The van der Waals surface area contributed by atoms with Crippen molar-refractivity contribution in [2.45, 2.75) is 76.2 Å². The van der Waals surface area contributed by atoms with Crippen molar-refractivity contribution in [2.24, 2.45) is 13.0 Å². The molecule has 1 aromatic heterocycles. The monoisotopic (exact) mass is 549 g/mol. The average molecular weight is 550 g/mol. The Labute approximate surface area is 233 Å². The van der Waals surface area contributed by atoms with E-state index in [0.717, 1.165) is 42.3 Å². The van der Waals surface area contributed by atoms with Crippen LogP contribution in [-0.2, 0) is 34.8 Å². The number of aliphatic hydroxyl groups excluding tert-OH is 1. The Morgan fingerprint density at radius 1 is 1.26 bits per heavy atom. The maximum Gasteiger partial charge on any atom is 0.338 e. The number of carbonyl (C=O) groups is 1. The van der Waals surface area contributed by atoms with Crippen LogP contribution in [0.25, 0.3) is 11.0 Å². The number of esters is 1. The molecule has 1 unspecified atom stereocenters. The van der Waals surface area contributed by atoms with Crippen molar-refractivity contribution in [1.29, 1.82) is 5.26 Å². The molecule has 1 N–H and O–H groups in total. The molecule has 6 nitrogen and oxygen atoms in total. The second-order valence-electron chi connectivity index (χ2n) is 11.5. The molecule has 1 aliphatic carbocycles. The number of aryl methyl sites for hydroxylation is 2. The molecule has 204 valence electrons. The summed E-state index contributed by atoms with van der Waals surface area (Å²) in [6.07, 6.45) is 5.29. The Hall–Kier alpha value is -3.37. The molecule has 0 radical (unpaired) electrons. The molecule has 1 aliphatic heterocycles. The molecule has 8 heteroatoms. The molecule has 0 saturated heterocycles. The Kier molecular flexibility index (Phi) is 7.19. The van der Waals surface area contributed by atoms with Gasteiger partial charge in [0.2, 0.25) is 0 Å². The van der Waals surface area contributed by atoms with Crippen molar-refractivity contribution in [2.75, 3.05) is 0 Å². The van der Waals surface area contributed by atoms with Crippen LogP contribution in [-0.4, -0.2) is 26.2 Å². The highest BCUT2D eigenvalue weighted by molar-refractivity contribution is 6.31. The van der Waals surface area contributed by atoms with Crippen LogP contribution in [0.2, 0.25) is 5.02 Å². The molecule has 2 heterocycles. The minimum Gasteiger partial charge on any atom is -0.512 e. The van der Waals surface area contributed by atoms with Gasteiger partial charge >= 0.3 is 5.97 Å². The molecule has 0 spiro atoms. The van der Waals surface area contributed by atoms with Crippen molar-refractivity contribution in [3.8, 4) is 6.07 Å². The van der Waals surface area contributed by atoms with E-state index in [2.05, 4.69) is 11.1 Å². The van der Waals surface area contributed by atoms with E-state index in [0.29, 0.717) is 29.3 Å². The smallest absolute Gasteiger partial charge is 0.338 e. The molecule has 1 saturated carbocycles. The van der Waals surface area contributed by atoms with E-state index < -0.39 is 22.8 Å². The van der Waals surface area contributed by atoms with E-state index in [1.54, 1.807) is 32.0 Å². The minimum atomic E-state index is -0.926. The molecule has 0 bridgehead atoms. The summed E-state index contributed by atoms with van der Waals surface area (Å²) in [6.45, 7) is 3.38. The summed E-state index contributed by atoms with van der Waals surface area (Å²) < 4.78 is 23.0. The first-order valence-corrected chi connectivity index (χ1v) is 13.9. The standard InChI is InChI=1S/C31H33ClFN3O3/c1-30(2,18-34)23-10-8-19(14-24(23)33)12-13-31(20-6-4-5-7-20)17-27(37)22(29(38)39-31)16-28-35-25-15-21(32)9-11-26(25)36(28)3/h8-11,14-15,20,37H,4-7,12-13,16-17H2,1-3H3. The van der Waals surface area contributed by atoms with Crippen LogP contribution in [0.15, 0.2) is 47.7 Å². The summed E-state index contributed by atoms with van der Waals surface area (Å²) in [5, 5.41) is 21.2. The van der Waals surface area contributed by atoms with E-state index in [-0.39, 0.29) is 30.1 Å². The Morgan fingerprint density at radius 3 is 2.67 bits per heavy atom. The highest BCUT2D eigenvalue weighted by atomic mass is 35.5. The first kappa shape index (κ1) is 27.2. The topological polar surface area (TPSA) is 88.1 Å². The lowest BCUT2D eigenvalue weighted by atomic mass is 9.76. The predicted octanol–water partition coefficient (Wildman–Crippen LogP) is 7.03. The Balaban J connectivity index is 1.40. The lowest BCUT2D eigenvalue weighted by Gasteiger charge is -2.42. The normalized spacial score (nSPS) is 20.5. The number of hydrogen-bond acceptors (Lipinski definition) is 5. The number of fused-ring (bicyclic) bond motifs is 1. The zero-order valence-electron chi connectivity index (χ0n) is 22.6. The zero-order chi connectivity index (χ0) is 27.9. The summed E-state index contributed by atoms with van der Waals surface area (Å²) in [5.74, 6) is -0.128. The van der Waals surface area contributed by atoms with Crippen LogP contribution in [0.3, 0.4) is 0 Å². The molecule has 39 heavy (non-hydrogen) atoms. The van der Waals surface area contributed by atoms with Crippen LogP contribution in [0.5, 0.6) is 0 Å². The molecule has 2 aromatic carbocycles. The Bertz CT molecular complexity index is 1510. The second-order valence-corrected chi connectivity index (χ2v) is 11.9. The number of imidazole rings is 1. The minimum absolute atomic E-state index is 0.0422. The number of cyclic esters (lactones) is 1. The number of hydrogen-bond donors (Lipinski definition) is 1. The maximum absolute atomic E-state index is 14.9. The molecular weight excluding hydrogens is 517 g/mol. The highest BCUT2D eigenvalue weighted by Crippen LogP contribution is 2.46. The van der Waals surface area contributed by atoms with Gasteiger partial charge in [-0.05, 0) is 75.3 Å². The van der Waals surface area contributed by atoms with Gasteiger partial charge in [0, 0.05) is 30.5 Å². The molecule has 1 atom stereocenters. The number of nitriles is 1. The summed E-state index contributed by atoms with van der Waals surface area (Å²) in [6, 6.07) is 12.6. The van der Waals surface area contributed by atoms with Gasteiger partial charge in [-0.25, -0.2) is 14.2 Å². The number of rotatable bonds is 7. The number of ether oxygens (including phenoxy) is 1. The number of aliphatic hydroxyl groups is 1. The fourth-order valence-corrected chi connectivity index (χ4v) is 6.33. The quantitative estimate of drug-likeness (QED) is 0.320. The van der Waals surface area contributed by atoms with Crippen LogP contribution >= 0.6 is 11.6 Å². The van der Waals surface area contributed by atoms with E-state index >= 15 is 0 Å². The molecule has 5 rings (SSSR count). The van der Waals surface area contributed by atoms with Gasteiger partial charge in [-0.2, -0.15) is 5.26 Å². The third-order valence-electron chi connectivity index (χ3n) is 8.55. The Morgan fingerprint density at radius 2 is 2.00 bits per heavy atom. The molecule has 2 aliphatic rings. The van der Waals surface area contributed by atoms with Gasteiger partial charge < -0.3 is 14.4 Å². The van der Waals surface area contributed by atoms with Gasteiger partial charge in [0.05, 0.1) is 28.1 Å². The molecule has 3 aromatic rings. The molecule has 0 amide bonds. The zero-order valence-corrected chi connectivity index (χ0v) is 23.3. The first-order valence-electron chi connectivity index (χ1n) is 13.5. The summed E-state index contributed by atoms with van der Waals surface area (Å²) in [5.41, 5.74) is 1.19. The van der Waals surface area contributed by atoms with E-state index in [9.17, 15) is 19.6 Å². The second kappa shape index (κ2) is 10.3. The van der Waals surface area contributed by atoms with Crippen molar-refractivity contribution < 1.29 is 19.0 Å². The summed E-state index contributed by atoms with van der Waals surface area (Å²) >= 11 is 6.12. The van der Waals surface area contributed by atoms with Crippen molar-refractivity contribution in [1.82, 2.24) is 9.55 Å². The van der Waals surface area contributed by atoms with E-state index in [4.69, 9.17) is 16.3 Å². The first-order chi connectivity index (χ1) is 18.5. The van der Waals surface area contributed by atoms with Gasteiger partial charge in [-0.1, -0.05) is 36.6 Å². The number of carbonyl (C=O) groups excluding carboxylic acids is 1. The summed E-state index contributed by atoms with van der Waals surface area (Å²) in [4.78, 5) is 18.1. The number of aromatic nitrogens is 2. The van der Waals surface area contributed by atoms with Crippen LogP contribution < -0.4 is 0 Å². The average Bonchev–Trinajstić information content (AvgIpc) is 3.54. The molecular formula is C31H33ClFN3O3. The predicted molar refractivity (Wildman–Crippen MR) is 148 cm³/mol. The van der Waals surface area contributed by atoms with Crippen LogP contribution in [0.1, 0.15) is 69.3 Å².